The van der Waals surface area contributed by atoms with Crippen molar-refractivity contribution in [2.45, 2.75) is 38.8 Å². The van der Waals surface area contributed by atoms with Crippen molar-refractivity contribution < 1.29 is 14.6 Å². The third-order valence-corrected chi connectivity index (χ3v) is 5.33. The Balaban J connectivity index is 1.86. The molecule has 2 atom stereocenters. The lowest BCUT2D eigenvalue weighted by molar-refractivity contribution is -0.139. The topological polar surface area (TPSA) is 74.3 Å². The van der Waals surface area contributed by atoms with Gasteiger partial charge in [-0.05, 0) is 48.2 Å². The van der Waals surface area contributed by atoms with Gasteiger partial charge in [0, 0.05) is 23.0 Å². The molecule has 0 radical (unpaired) electrons. The SMILES string of the molecule is CCOc1ccc(C2NC(C(=O)O)Cc3c2[nH]c2ccccc32)c(CC)c1. The van der Waals surface area contributed by atoms with E-state index in [1.54, 1.807) is 0 Å². The Bertz CT molecular complexity index is 992. The van der Waals surface area contributed by atoms with Crippen molar-refractivity contribution in [3.63, 3.8) is 0 Å². The Morgan fingerprint density at radius 1 is 1.22 bits per heavy atom. The molecule has 3 N–H and O–H groups in total. The maximum atomic E-state index is 11.8. The highest BCUT2D eigenvalue weighted by Gasteiger charge is 2.34. The molecule has 0 fully saturated rings. The van der Waals surface area contributed by atoms with Gasteiger partial charge in [0.25, 0.3) is 0 Å². The van der Waals surface area contributed by atoms with Crippen molar-refractivity contribution in [2.75, 3.05) is 6.61 Å². The first-order valence-corrected chi connectivity index (χ1v) is 9.46. The summed E-state index contributed by atoms with van der Waals surface area (Å²) in [5, 5.41) is 14.1. The highest BCUT2D eigenvalue weighted by molar-refractivity contribution is 5.87. The number of carbonyl (C=O) groups is 1. The molecule has 27 heavy (non-hydrogen) atoms. The number of nitrogens with one attached hydrogen (secondary N) is 2. The molecule has 1 aliphatic heterocycles. The van der Waals surface area contributed by atoms with Gasteiger partial charge < -0.3 is 14.8 Å². The van der Waals surface area contributed by atoms with E-state index in [4.69, 9.17) is 4.74 Å². The van der Waals surface area contributed by atoms with Crippen molar-refractivity contribution in [2.24, 2.45) is 0 Å². The summed E-state index contributed by atoms with van der Waals surface area (Å²) >= 11 is 0. The van der Waals surface area contributed by atoms with E-state index < -0.39 is 12.0 Å². The van der Waals surface area contributed by atoms with Crippen LogP contribution in [-0.2, 0) is 17.6 Å². The Hall–Kier alpha value is -2.79. The number of hydrogen-bond donors (Lipinski definition) is 3. The first-order chi connectivity index (χ1) is 13.1. The van der Waals surface area contributed by atoms with Crippen LogP contribution < -0.4 is 10.1 Å². The molecule has 2 aromatic carbocycles. The van der Waals surface area contributed by atoms with Gasteiger partial charge in [0.15, 0.2) is 0 Å². The first-order valence-electron chi connectivity index (χ1n) is 9.46. The van der Waals surface area contributed by atoms with E-state index in [0.29, 0.717) is 13.0 Å². The molecule has 0 amide bonds. The summed E-state index contributed by atoms with van der Waals surface area (Å²) in [7, 11) is 0. The number of aliphatic carboxylic acids is 1. The molecule has 0 spiro atoms. The molecule has 4 rings (SSSR count). The van der Waals surface area contributed by atoms with Crippen molar-refractivity contribution in [3.8, 4) is 5.75 Å². The Morgan fingerprint density at radius 3 is 2.78 bits per heavy atom. The van der Waals surface area contributed by atoms with Crippen molar-refractivity contribution in [1.29, 1.82) is 0 Å². The molecule has 5 heteroatoms. The van der Waals surface area contributed by atoms with Crippen LogP contribution in [0.4, 0.5) is 0 Å². The van der Waals surface area contributed by atoms with Gasteiger partial charge in [0.2, 0.25) is 0 Å². The molecule has 3 aromatic rings. The zero-order valence-electron chi connectivity index (χ0n) is 15.6. The summed E-state index contributed by atoms with van der Waals surface area (Å²) in [6.07, 6.45) is 1.32. The number of carboxylic acids is 1. The predicted molar refractivity (Wildman–Crippen MR) is 105 cm³/mol. The van der Waals surface area contributed by atoms with E-state index in [-0.39, 0.29) is 6.04 Å². The van der Waals surface area contributed by atoms with Crippen LogP contribution in [-0.4, -0.2) is 28.7 Å². The number of fused-ring (bicyclic) bond motifs is 3. The van der Waals surface area contributed by atoms with Crippen LogP contribution in [0.2, 0.25) is 0 Å². The molecule has 140 valence electrons. The van der Waals surface area contributed by atoms with Crippen LogP contribution in [0.15, 0.2) is 42.5 Å². The summed E-state index contributed by atoms with van der Waals surface area (Å²) in [4.78, 5) is 15.3. The van der Waals surface area contributed by atoms with Gasteiger partial charge in [-0.2, -0.15) is 0 Å². The quantitative estimate of drug-likeness (QED) is 0.643. The lowest BCUT2D eigenvalue weighted by atomic mass is 9.88. The Morgan fingerprint density at radius 2 is 2.04 bits per heavy atom. The zero-order valence-corrected chi connectivity index (χ0v) is 15.6. The standard InChI is InChI=1S/C22H24N2O3/c1-3-13-11-14(27-4-2)9-10-15(13)20-21-17(12-19(24-20)22(25)26)16-7-5-6-8-18(16)23-21/h5-11,19-20,23-24H,3-4,12H2,1-2H3,(H,25,26). The van der Waals surface area contributed by atoms with E-state index in [0.717, 1.165) is 45.5 Å². The molecule has 0 bridgehead atoms. The predicted octanol–water partition coefficient (Wildman–Crippen LogP) is 3.82. The Labute approximate surface area is 158 Å². The number of hydrogen-bond acceptors (Lipinski definition) is 3. The summed E-state index contributed by atoms with van der Waals surface area (Å²) in [5.41, 5.74) is 5.46. The number of aromatic nitrogens is 1. The third-order valence-electron chi connectivity index (χ3n) is 5.33. The van der Waals surface area contributed by atoms with E-state index in [1.165, 1.54) is 0 Å². The summed E-state index contributed by atoms with van der Waals surface area (Å²) in [6, 6.07) is 13.4. The number of aryl methyl sites for hydroxylation is 1. The number of ether oxygens (including phenoxy) is 1. The summed E-state index contributed by atoms with van der Waals surface area (Å²) in [6.45, 7) is 4.70. The van der Waals surface area contributed by atoms with Crippen molar-refractivity contribution in [3.05, 3.63) is 64.8 Å². The van der Waals surface area contributed by atoms with Gasteiger partial charge in [-0.1, -0.05) is 31.2 Å². The number of carboxylic acid groups (broad SMARTS) is 1. The van der Waals surface area contributed by atoms with Crippen molar-refractivity contribution >= 4 is 16.9 Å². The van der Waals surface area contributed by atoms with E-state index >= 15 is 0 Å². The minimum absolute atomic E-state index is 0.187. The third kappa shape index (κ3) is 3.08. The number of rotatable bonds is 5. The molecule has 0 saturated carbocycles. The van der Waals surface area contributed by atoms with Crippen LogP contribution in [0, 0.1) is 0 Å². The van der Waals surface area contributed by atoms with Crippen LogP contribution in [0.3, 0.4) is 0 Å². The largest absolute Gasteiger partial charge is 0.494 e. The molecule has 5 nitrogen and oxygen atoms in total. The maximum absolute atomic E-state index is 11.8. The van der Waals surface area contributed by atoms with E-state index in [9.17, 15) is 9.90 Å². The smallest absolute Gasteiger partial charge is 0.321 e. The normalized spacial score (nSPS) is 19.0. The van der Waals surface area contributed by atoms with Gasteiger partial charge >= 0.3 is 5.97 Å². The van der Waals surface area contributed by atoms with Gasteiger partial charge in [0.05, 0.1) is 12.6 Å². The fourth-order valence-corrected chi connectivity index (χ4v) is 4.07. The number of H-pyrrole nitrogens is 1. The fraction of sp³-hybridized carbons (Fsp3) is 0.318. The minimum atomic E-state index is -0.820. The van der Waals surface area contributed by atoms with Crippen molar-refractivity contribution in [1.82, 2.24) is 10.3 Å². The Kier molecular flexibility index (Phi) is 4.62. The van der Waals surface area contributed by atoms with Gasteiger partial charge in [-0.3, -0.25) is 10.1 Å². The summed E-state index contributed by atoms with van der Waals surface area (Å²) in [5.74, 6) is 0.0282. The molecular formula is C22H24N2O3. The van der Waals surface area contributed by atoms with Crippen LogP contribution in [0.25, 0.3) is 10.9 Å². The maximum Gasteiger partial charge on any atom is 0.321 e. The molecule has 0 saturated heterocycles. The average molecular weight is 364 g/mol. The number of aromatic amines is 1. The second-order valence-electron chi connectivity index (χ2n) is 6.90. The van der Waals surface area contributed by atoms with Gasteiger partial charge in [-0.15, -0.1) is 0 Å². The fourth-order valence-electron chi connectivity index (χ4n) is 4.07. The molecule has 1 aliphatic rings. The lowest BCUT2D eigenvalue weighted by Gasteiger charge is -2.31. The highest BCUT2D eigenvalue weighted by Crippen LogP contribution is 2.37. The molecule has 2 unspecified atom stereocenters. The number of benzene rings is 2. The minimum Gasteiger partial charge on any atom is -0.494 e. The second-order valence-corrected chi connectivity index (χ2v) is 6.90. The van der Waals surface area contributed by atoms with Gasteiger partial charge in [0.1, 0.15) is 11.8 Å². The summed E-state index contributed by atoms with van der Waals surface area (Å²) < 4.78 is 5.65. The lowest BCUT2D eigenvalue weighted by Crippen LogP contribution is -2.45. The molecule has 1 aromatic heterocycles. The van der Waals surface area contributed by atoms with Crippen LogP contribution in [0.1, 0.15) is 42.3 Å². The molecule has 0 aliphatic carbocycles. The molecular weight excluding hydrogens is 340 g/mol. The first kappa shape index (κ1) is 17.6. The molecule has 2 heterocycles. The average Bonchev–Trinajstić information content (AvgIpc) is 3.06. The van der Waals surface area contributed by atoms with Crippen LogP contribution >= 0.6 is 0 Å². The van der Waals surface area contributed by atoms with E-state index in [1.807, 2.05) is 31.2 Å². The monoisotopic (exact) mass is 364 g/mol. The second kappa shape index (κ2) is 7.08. The highest BCUT2D eigenvalue weighted by atomic mass is 16.5. The van der Waals surface area contributed by atoms with Gasteiger partial charge in [-0.25, -0.2) is 0 Å². The van der Waals surface area contributed by atoms with E-state index in [2.05, 4.69) is 35.4 Å². The number of para-hydroxylation sites is 1. The van der Waals surface area contributed by atoms with Crippen LogP contribution in [0.5, 0.6) is 5.75 Å². The zero-order chi connectivity index (χ0) is 19.0.